The van der Waals surface area contributed by atoms with Crippen LogP contribution in [0.5, 0.6) is 5.75 Å². The van der Waals surface area contributed by atoms with E-state index in [1.54, 1.807) is 18.2 Å². The van der Waals surface area contributed by atoms with Crippen LogP contribution in [-0.4, -0.2) is 54.8 Å². The highest BCUT2D eigenvalue weighted by Crippen LogP contribution is 2.37. The molecule has 0 unspecified atom stereocenters. The van der Waals surface area contributed by atoms with Gasteiger partial charge in [-0.25, -0.2) is 0 Å². The maximum atomic E-state index is 13.4. The highest BCUT2D eigenvalue weighted by Gasteiger charge is 2.36. The van der Waals surface area contributed by atoms with Crippen molar-refractivity contribution in [1.29, 1.82) is 0 Å². The summed E-state index contributed by atoms with van der Waals surface area (Å²) < 4.78 is 11.6. The molecule has 2 fully saturated rings. The van der Waals surface area contributed by atoms with Crippen LogP contribution in [0.25, 0.3) is 16.8 Å². The SMILES string of the molecule is O=C(CN1C(=O)S/C(=C\c2c(OCc3ccc(Cl)cc3)ccc3ccccc23)C1=O)Nc1ccc(N2CCOCC2)cc1. The van der Waals surface area contributed by atoms with Crippen LogP contribution in [-0.2, 0) is 20.9 Å². The number of amides is 3. The van der Waals surface area contributed by atoms with Crippen LogP contribution in [0.3, 0.4) is 0 Å². The Morgan fingerprint density at radius 3 is 2.47 bits per heavy atom. The fourth-order valence-corrected chi connectivity index (χ4v) is 5.93. The molecule has 2 saturated heterocycles. The molecule has 0 aromatic heterocycles. The van der Waals surface area contributed by atoms with Crippen molar-refractivity contribution in [2.45, 2.75) is 6.61 Å². The van der Waals surface area contributed by atoms with Crippen LogP contribution < -0.4 is 15.0 Å². The van der Waals surface area contributed by atoms with Crippen molar-refractivity contribution in [2.75, 3.05) is 43.1 Å². The molecule has 2 aliphatic rings. The van der Waals surface area contributed by atoms with Crippen molar-refractivity contribution in [3.8, 4) is 5.75 Å². The van der Waals surface area contributed by atoms with Crippen molar-refractivity contribution in [3.63, 3.8) is 0 Å². The molecule has 0 spiro atoms. The Morgan fingerprint density at radius 2 is 1.70 bits per heavy atom. The summed E-state index contributed by atoms with van der Waals surface area (Å²) in [5.41, 5.74) is 3.25. The fourth-order valence-electron chi connectivity index (χ4n) is 4.98. The predicted octanol–water partition coefficient (Wildman–Crippen LogP) is 6.58. The quantitative estimate of drug-likeness (QED) is 0.225. The van der Waals surface area contributed by atoms with Crippen LogP contribution in [0.1, 0.15) is 11.1 Å². The molecule has 1 N–H and O–H groups in total. The molecule has 0 radical (unpaired) electrons. The van der Waals surface area contributed by atoms with Gasteiger partial charge in [0.1, 0.15) is 18.9 Å². The molecule has 0 bridgehead atoms. The van der Waals surface area contributed by atoms with Gasteiger partial charge in [0.25, 0.3) is 11.1 Å². The number of thioether (sulfide) groups is 1. The largest absolute Gasteiger partial charge is 0.488 e. The number of ether oxygens (including phenoxy) is 2. The van der Waals surface area contributed by atoms with E-state index in [2.05, 4.69) is 10.2 Å². The molecule has 43 heavy (non-hydrogen) atoms. The van der Waals surface area contributed by atoms with Gasteiger partial charge in [-0.1, -0.05) is 54.1 Å². The summed E-state index contributed by atoms with van der Waals surface area (Å²) in [6.45, 7) is 2.90. The predicted molar refractivity (Wildman–Crippen MR) is 171 cm³/mol. The van der Waals surface area contributed by atoms with Gasteiger partial charge >= 0.3 is 0 Å². The van der Waals surface area contributed by atoms with Gasteiger partial charge in [0.15, 0.2) is 0 Å². The van der Waals surface area contributed by atoms with Crippen molar-refractivity contribution in [2.24, 2.45) is 0 Å². The number of carbonyl (C=O) groups is 3. The Balaban J connectivity index is 1.17. The minimum Gasteiger partial charge on any atom is -0.488 e. The summed E-state index contributed by atoms with van der Waals surface area (Å²) in [5.74, 6) is -0.414. The van der Waals surface area contributed by atoms with Crippen LogP contribution in [0, 0.1) is 0 Å². The van der Waals surface area contributed by atoms with E-state index in [9.17, 15) is 14.4 Å². The Morgan fingerprint density at radius 1 is 0.953 bits per heavy atom. The second kappa shape index (κ2) is 12.9. The number of nitrogens with one attached hydrogen (secondary N) is 1. The number of halogens is 1. The van der Waals surface area contributed by atoms with Crippen molar-refractivity contribution in [1.82, 2.24) is 4.90 Å². The lowest BCUT2D eigenvalue weighted by molar-refractivity contribution is -0.127. The molecule has 0 saturated carbocycles. The summed E-state index contributed by atoms with van der Waals surface area (Å²) in [4.78, 5) is 42.5. The molecule has 6 rings (SSSR count). The van der Waals surface area contributed by atoms with Gasteiger partial charge in [-0.05, 0) is 76.6 Å². The second-order valence-corrected chi connectivity index (χ2v) is 11.5. The first-order valence-corrected chi connectivity index (χ1v) is 15.0. The molecule has 3 amide bonds. The second-order valence-electron chi connectivity index (χ2n) is 10.1. The molecule has 0 atom stereocenters. The Bertz CT molecular complexity index is 1700. The van der Waals surface area contributed by atoms with Crippen LogP contribution in [0.4, 0.5) is 16.2 Å². The molecule has 4 aromatic rings. The van der Waals surface area contributed by atoms with E-state index in [0.717, 1.165) is 51.8 Å². The van der Waals surface area contributed by atoms with E-state index in [0.29, 0.717) is 41.8 Å². The number of benzene rings is 4. The number of anilines is 2. The smallest absolute Gasteiger partial charge is 0.294 e. The normalized spacial score (nSPS) is 16.3. The minimum atomic E-state index is -0.524. The van der Waals surface area contributed by atoms with Gasteiger partial charge < -0.3 is 19.7 Å². The van der Waals surface area contributed by atoms with Gasteiger partial charge in [-0.2, -0.15) is 0 Å². The lowest BCUT2D eigenvalue weighted by atomic mass is 10.0. The standard InChI is InChI=1S/C33H28ClN3O5S/c34-24-8-5-22(6-9-24)21-42-29-14-7-23-3-1-2-4-27(23)28(29)19-30-32(39)37(33(40)43-30)20-31(38)35-25-10-12-26(13-11-25)36-15-17-41-18-16-36/h1-14,19H,15-18,20-21H2,(H,35,38)/b30-19-. The number of nitrogens with zero attached hydrogens (tertiary/aromatic N) is 2. The van der Waals surface area contributed by atoms with Gasteiger partial charge in [-0.15, -0.1) is 0 Å². The number of imide groups is 1. The highest BCUT2D eigenvalue weighted by molar-refractivity contribution is 8.18. The maximum absolute atomic E-state index is 13.4. The minimum absolute atomic E-state index is 0.223. The zero-order valence-corrected chi connectivity index (χ0v) is 24.7. The third-order valence-electron chi connectivity index (χ3n) is 7.22. The fraction of sp³-hybridized carbons (Fsp3) is 0.182. The van der Waals surface area contributed by atoms with Crippen molar-refractivity contribution >= 4 is 68.6 Å². The molecule has 8 nitrogen and oxygen atoms in total. The average molecular weight is 614 g/mol. The first-order valence-electron chi connectivity index (χ1n) is 13.8. The summed E-state index contributed by atoms with van der Waals surface area (Å²) in [6.07, 6.45) is 1.67. The van der Waals surface area contributed by atoms with Crippen LogP contribution >= 0.6 is 23.4 Å². The summed E-state index contributed by atoms with van der Waals surface area (Å²) in [5, 5.41) is 4.77. The molecular weight excluding hydrogens is 586 g/mol. The van der Waals surface area contributed by atoms with E-state index >= 15 is 0 Å². The number of carbonyl (C=O) groups excluding carboxylic acids is 3. The third kappa shape index (κ3) is 6.69. The number of hydrogen-bond acceptors (Lipinski definition) is 7. The summed E-state index contributed by atoms with van der Waals surface area (Å²) in [6, 6.07) is 26.4. The lowest BCUT2D eigenvalue weighted by Crippen LogP contribution is -2.36. The molecule has 2 aliphatic heterocycles. The third-order valence-corrected chi connectivity index (χ3v) is 8.38. The van der Waals surface area contributed by atoms with Crippen molar-refractivity contribution < 1.29 is 23.9 Å². The Hall–Kier alpha value is -4.31. The number of rotatable bonds is 8. The monoisotopic (exact) mass is 613 g/mol. The maximum Gasteiger partial charge on any atom is 0.294 e. The molecule has 0 aliphatic carbocycles. The summed E-state index contributed by atoms with van der Waals surface area (Å²) >= 11 is 6.82. The van der Waals surface area contributed by atoms with E-state index in [-0.39, 0.29) is 11.4 Å². The van der Waals surface area contributed by atoms with E-state index in [4.69, 9.17) is 21.1 Å². The van der Waals surface area contributed by atoms with Gasteiger partial charge in [0.05, 0.1) is 18.1 Å². The van der Waals surface area contributed by atoms with Crippen LogP contribution in [0.2, 0.25) is 5.02 Å². The number of hydrogen-bond donors (Lipinski definition) is 1. The Kier molecular flexibility index (Phi) is 8.64. The number of morpholine rings is 1. The van der Waals surface area contributed by atoms with E-state index < -0.39 is 17.1 Å². The van der Waals surface area contributed by atoms with Gasteiger partial charge in [-0.3, -0.25) is 19.3 Å². The molecular formula is C33H28ClN3O5S. The molecule has 4 aromatic carbocycles. The lowest BCUT2D eigenvalue weighted by Gasteiger charge is -2.28. The summed E-state index contributed by atoms with van der Waals surface area (Å²) in [7, 11) is 0. The van der Waals surface area contributed by atoms with Crippen molar-refractivity contribution in [3.05, 3.63) is 106 Å². The topological polar surface area (TPSA) is 88.2 Å². The first-order chi connectivity index (χ1) is 20.9. The molecule has 218 valence electrons. The van der Waals surface area contributed by atoms with Gasteiger partial charge in [0, 0.05) is 35.1 Å². The zero-order chi connectivity index (χ0) is 29.8. The van der Waals surface area contributed by atoms with E-state index in [1.165, 1.54) is 0 Å². The Labute approximate surface area is 258 Å². The highest BCUT2D eigenvalue weighted by atomic mass is 35.5. The first kappa shape index (κ1) is 28.8. The molecule has 10 heteroatoms. The van der Waals surface area contributed by atoms with Gasteiger partial charge in [0.2, 0.25) is 5.91 Å². The van der Waals surface area contributed by atoms with E-state index in [1.807, 2.05) is 72.8 Å². The number of fused-ring (bicyclic) bond motifs is 1. The van der Waals surface area contributed by atoms with Crippen LogP contribution in [0.15, 0.2) is 89.8 Å². The average Bonchev–Trinajstić information content (AvgIpc) is 3.29. The molecule has 2 heterocycles. The zero-order valence-electron chi connectivity index (χ0n) is 23.1.